The van der Waals surface area contributed by atoms with E-state index in [1.165, 1.54) is 5.57 Å². The van der Waals surface area contributed by atoms with Crippen LogP contribution in [0.3, 0.4) is 0 Å². The number of carboxylic acid groups (broad SMARTS) is 1. The van der Waals surface area contributed by atoms with E-state index in [-0.39, 0.29) is 6.42 Å². The van der Waals surface area contributed by atoms with Crippen LogP contribution in [0, 0.1) is 0 Å². The third kappa shape index (κ3) is 3.03. The summed E-state index contributed by atoms with van der Waals surface area (Å²) in [4.78, 5) is 10.2. The predicted molar refractivity (Wildman–Crippen MR) is 43.3 cm³/mol. The summed E-state index contributed by atoms with van der Waals surface area (Å²) >= 11 is 0. The lowest BCUT2D eigenvalue weighted by Gasteiger charge is -2.03. The molecule has 0 fully saturated rings. The minimum absolute atomic E-state index is 0.246. The molecule has 1 rings (SSSR count). The van der Waals surface area contributed by atoms with Crippen LogP contribution in [-0.2, 0) is 4.79 Å². The Labute approximate surface area is 66.2 Å². The summed E-state index contributed by atoms with van der Waals surface area (Å²) < 4.78 is 0. The van der Waals surface area contributed by atoms with E-state index in [2.05, 4.69) is 12.2 Å². The van der Waals surface area contributed by atoms with Gasteiger partial charge in [0.2, 0.25) is 0 Å². The van der Waals surface area contributed by atoms with Gasteiger partial charge in [-0.05, 0) is 19.3 Å². The third-order valence-corrected chi connectivity index (χ3v) is 1.70. The molecule has 0 aromatic rings. The highest BCUT2D eigenvalue weighted by Gasteiger charge is 2.00. The van der Waals surface area contributed by atoms with E-state index in [0.717, 1.165) is 12.8 Å². The van der Waals surface area contributed by atoms with Gasteiger partial charge in [0.25, 0.3) is 0 Å². The molecule has 0 saturated heterocycles. The lowest BCUT2D eigenvalue weighted by atomic mass is 10.0. The molecule has 11 heavy (non-hydrogen) atoms. The van der Waals surface area contributed by atoms with Crippen molar-refractivity contribution in [3.05, 3.63) is 23.8 Å². The minimum atomic E-state index is -0.718. The average Bonchev–Trinajstić information content (AvgIpc) is 2.03. The summed E-state index contributed by atoms with van der Waals surface area (Å²) in [6, 6.07) is 0. The second-order valence-electron chi connectivity index (χ2n) is 2.65. The molecule has 0 bridgehead atoms. The molecule has 0 radical (unpaired) electrons. The van der Waals surface area contributed by atoms with E-state index in [4.69, 9.17) is 5.11 Å². The van der Waals surface area contributed by atoms with Crippen molar-refractivity contribution in [2.45, 2.75) is 25.7 Å². The van der Waals surface area contributed by atoms with Gasteiger partial charge in [0, 0.05) is 6.42 Å². The first-order valence-electron chi connectivity index (χ1n) is 3.86. The van der Waals surface area contributed by atoms with Crippen molar-refractivity contribution in [1.82, 2.24) is 0 Å². The van der Waals surface area contributed by atoms with Gasteiger partial charge < -0.3 is 5.11 Å². The molecule has 0 atom stereocenters. The van der Waals surface area contributed by atoms with Crippen molar-refractivity contribution in [1.29, 1.82) is 0 Å². The molecule has 0 amide bonds. The number of hydrogen-bond donors (Lipinski definition) is 1. The Morgan fingerprint density at radius 2 is 2.36 bits per heavy atom. The number of hydrogen-bond acceptors (Lipinski definition) is 1. The van der Waals surface area contributed by atoms with E-state index >= 15 is 0 Å². The van der Waals surface area contributed by atoms with Crippen molar-refractivity contribution in [3.8, 4) is 0 Å². The lowest BCUT2D eigenvalue weighted by Crippen LogP contribution is -1.95. The van der Waals surface area contributed by atoms with Gasteiger partial charge in [-0.2, -0.15) is 0 Å². The molecule has 1 N–H and O–H groups in total. The summed E-state index contributed by atoms with van der Waals surface area (Å²) in [7, 11) is 0. The molecule has 0 unspecified atom stereocenters. The first-order valence-corrected chi connectivity index (χ1v) is 3.86. The fourth-order valence-electron chi connectivity index (χ4n) is 1.10. The molecule has 1 aliphatic rings. The third-order valence-electron chi connectivity index (χ3n) is 1.70. The highest BCUT2D eigenvalue weighted by molar-refractivity contribution is 5.67. The van der Waals surface area contributed by atoms with Crippen LogP contribution in [0.2, 0.25) is 0 Å². The molecule has 0 saturated carbocycles. The fraction of sp³-hybridized carbons (Fsp3) is 0.444. The zero-order chi connectivity index (χ0) is 8.10. The van der Waals surface area contributed by atoms with E-state index in [9.17, 15) is 4.79 Å². The molecular weight excluding hydrogens is 140 g/mol. The fourth-order valence-corrected chi connectivity index (χ4v) is 1.10. The summed E-state index contributed by atoms with van der Waals surface area (Å²) in [6.07, 6.45) is 9.30. The van der Waals surface area contributed by atoms with Crippen molar-refractivity contribution in [2.75, 3.05) is 0 Å². The van der Waals surface area contributed by atoms with Crippen LogP contribution in [0.5, 0.6) is 0 Å². The summed E-state index contributed by atoms with van der Waals surface area (Å²) in [5, 5.41) is 8.39. The number of carboxylic acids is 1. The first-order chi connectivity index (χ1) is 5.29. The molecule has 60 valence electrons. The van der Waals surface area contributed by atoms with Gasteiger partial charge in [-0.25, -0.2) is 0 Å². The maximum absolute atomic E-state index is 10.2. The van der Waals surface area contributed by atoms with Gasteiger partial charge in [0.15, 0.2) is 0 Å². The Hall–Kier alpha value is -1.05. The van der Waals surface area contributed by atoms with Crippen molar-refractivity contribution < 1.29 is 9.90 Å². The van der Waals surface area contributed by atoms with Gasteiger partial charge in [0.1, 0.15) is 0 Å². The van der Waals surface area contributed by atoms with Crippen LogP contribution in [0.1, 0.15) is 25.7 Å². The molecule has 1 aliphatic carbocycles. The topological polar surface area (TPSA) is 37.3 Å². The molecule has 2 nitrogen and oxygen atoms in total. The largest absolute Gasteiger partial charge is 0.481 e. The van der Waals surface area contributed by atoms with Crippen molar-refractivity contribution in [2.24, 2.45) is 0 Å². The lowest BCUT2D eigenvalue weighted by molar-refractivity contribution is -0.136. The van der Waals surface area contributed by atoms with Crippen LogP contribution in [0.4, 0.5) is 0 Å². The molecule has 0 spiro atoms. The Morgan fingerprint density at radius 3 is 2.91 bits per heavy atom. The van der Waals surface area contributed by atoms with E-state index in [0.29, 0.717) is 6.42 Å². The molecule has 0 heterocycles. The monoisotopic (exact) mass is 152 g/mol. The molecule has 0 aromatic carbocycles. The normalized spacial score (nSPS) is 16.2. The summed E-state index contributed by atoms with van der Waals surface area (Å²) in [6.45, 7) is 0. The summed E-state index contributed by atoms with van der Waals surface area (Å²) in [5.74, 6) is -0.718. The number of allylic oxidation sites excluding steroid dienone is 4. The Kier molecular flexibility index (Phi) is 2.90. The van der Waals surface area contributed by atoms with Crippen LogP contribution in [0.25, 0.3) is 0 Å². The zero-order valence-electron chi connectivity index (χ0n) is 6.42. The molecule has 2 heteroatoms. The zero-order valence-corrected chi connectivity index (χ0v) is 6.42. The smallest absolute Gasteiger partial charge is 0.303 e. The second-order valence-corrected chi connectivity index (χ2v) is 2.65. The summed E-state index contributed by atoms with van der Waals surface area (Å²) in [5.41, 5.74) is 1.17. The van der Waals surface area contributed by atoms with Gasteiger partial charge in [-0.3, -0.25) is 4.79 Å². The van der Waals surface area contributed by atoms with Crippen molar-refractivity contribution >= 4 is 5.97 Å². The number of aliphatic carboxylic acids is 1. The highest BCUT2D eigenvalue weighted by atomic mass is 16.4. The minimum Gasteiger partial charge on any atom is -0.481 e. The number of rotatable bonds is 3. The highest BCUT2D eigenvalue weighted by Crippen LogP contribution is 2.14. The quantitative estimate of drug-likeness (QED) is 0.672. The molecule has 0 aliphatic heterocycles. The van der Waals surface area contributed by atoms with Gasteiger partial charge in [0.05, 0.1) is 0 Å². The van der Waals surface area contributed by atoms with Crippen molar-refractivity contribution in [3.63, 3.8) is 0 Å². The van der Waals surface area contributed by atoms with E-state index in [1.54, 1.807) is 0 Å². The Bertz CT molecular complexity index is 202. The van der Waals surface area contributed by atoms with Gasteiger partial charge in [-0.1, -0.05) is 23.8 Å². The van der Waals surface area contributed by atoms with Crippen LogP contribution in [0.15, 0.2) is 23.8 Å². The Balaban J connectivity index is 2.31. The van der Waals surface area contributed by atoms with Crippen LogP contribution >= 0.6 is 0 Å². The molecule has 0 aromatic heterocycles. The van der Waals surface area contributed by atoms with Crippen LogP contribution in [-0.4, -0.2) is 11.1 Å². The maximum atomic E-state index is 10.2. The van der Waals surface area contributed by atoms with E-state index < -0.39 is 5.97 Å². The van der Waals surface area contributed by atoms with Gasteiger partial charge >= 0.3 is 5.97 Å². The van der Waals surface area contributed by atoms with Crippen LogP contribution < -0.4 is 0 Å². The molecular formula is C9H12O2. The van der Waals surface area contributed by atoms with Gasteiger partial charge in [-0.15, -0.1) is 0 Å². The predicted octanol–water partition coefficient (Wildman–Crippen LogP) is 2.13. The maximum Gasteiger partial charge on any atom is 0.303 e. The first kappa shape index (κ1) is 8.05. The average molecular weight is 152 g/mol. The standard InChI is InChI=1S/C9H12O2/c10-9(11)7-6-8-4-2-1-3-5-8/h2,4-5H,1,3,6-7H2,(H,10,11). The Morgan fingerprint density at radius 1 is 1.55 bits per heavy atom. The SMILES string of the molecule is O=C(O)CCC1=CCCC=C1. The second kappa shape index (κ2) is 3.96. The van der Waals surface area contributed by atoms with E-state index in [1.807, 2.05) is 6.08 Å². The number of carbonyl (C=O) groups is 1.